The highest BCUT2D eigenvalue weighted by Crippen LogP contribution is 2.30. The number of methoxy groups -OCH3 is 1. The van der Waals surface area contributed by atoms with Gasteiger partial charge in [-0.3, -0.25) is 4.79 Å². The number of hydrogen-bond acceptors (Lipinski definition) is 3. The third-order valence-electron chi connectivity index (χ3n) is 5.59. The van der Waals surface area contributed by atoms with E-state index in [1.54, 1.807) is 0 Å². The van der Waals surface area contributed by atoms with Gasteiger partial charge < -0.3 is 10.5 Å². The molecule has 0 spiro atoms. The lowest BCUT2D eigenvalue weighted by atomic mass is 10.0. The second-order valence-electron chi connectivity index (χ2n) is 8.07. The normalized spacial score (nSPS) is 11.1. The maximum Gasteiger partial charge on any atom is 0.305 e. The van der Waals surface area contributed by atoms with E-state index in [2.05, 4.69) is 78.6 Å². The average molecular weight is 753 g/mol. The van der Waals surface area contributed by atoms with Crippen LogP contribution in [-0.2, 0) is 16.0 Å². The standard InChI is InChI=1S/C24H38I3NO2/c1-30-22(29)17-15-13-11-9-7-5-3-2-4-6-8-10-12-14-16-19-20(25)18-21(26)24(28)23(19)27/h18H,2-17,28H2,1H3. The largest absolute Gasteiger partial charge is 0.469 e. The minimum atomic E-state index is -0.0734. The van der Waals surface area contributed by atoms with Gasteiger partial charge in [-0.2, -0.15) is 0 Å². The number of unbranched alkanes of at least 4 members (excludes halogenated alkanes) is 13. The minimum absolute atomic E-state index is 0.0734. The van der Waals surface area contributed by atoms with E-state index in [0.29, 0.717) is 6.42 Å². The van der Waals surface area contributed by atoms with Crippen LogP contribution in [0.15, 0.2) is 6.07 Å². The van der Waals surface area contributed by atoms with Crippen molar-refractivity contribution in [3.8, 4) is 0 Å². The summed E-state index contributed by atoms with van der Waals surface area (Å²) in [4.78, 5) is 11.0. The molecule has 0 saturated heterocycles. The second-order valence-corrected chi connectivity index (χ2v) is 11.5. The Kier molecular flexibility index (Phi) is 17.4. The average Bonchev–Trinajstić information content (AvgIpc) is 2.73. The first-order valence-electron chi connectivity index (χ1n) is 11.5. The second kappa shape index (κ2) is 18.1. The van der Waals surface area contributed by atoms with Crippen molar-refractivity contribution in [3.63, 3.8) is 0 Å². The topological polar surface area (TPSA) is 52.3 Å². The van der Waals surface area contributed by atoms with E-state index in [4.69, 9.17) is 5.73 Å². The Balaban J connectivity index is 1.90. The van der Waals surface area contributed by atoms with Crippen LogP contribution in [0.4, 0.5) is 5.69 Å². The Bertz CT molecular complexity index is 623. The number of anilines is 1. The number of rotatable bonds is 17. The number of halogens is 3. The van der Waals surface area contributed by atoms with E-state index < -0.39 is 0 Å². The molecule has 0 saturated carbocycles. The van der Waals surface area contributed by atoms with Crippen LogP contribution in [0.1, 0.15) is 102 Å². The lowest BCUT2D eigenvalue weighted by molar-refractivity contribution is -0.140. The zero-order chi connectivity index (χ0) is 22.2. The van der Waals surface area contributed by atoms with E-state index >= 15 is 0 Å². The monoisotopic (exact) mass is 753 g/mol. The van der Waals surface area contributed by atoms with Crippen LogP contribution < -0.4 is 5.73 Å². The Morgan fingerprint density at radius 2 is 1.20 bits per heavy atom. The zero-order valence-corrected chi connectivity index (χ0v) is 24.9. The summed E-state index contributed by atoms with van der Waals surface area (Å²) in [6, 6.07) is 2.21. The molecule has 0 unspecified atom stereocenters. The first-order chi connectivity index (χ1) is 14.5. The number of hydrogen-bond donors (Lipinski definition) is 1. The Morgan fingerprint density at radius 1 is 0.767 bits per heavy atom. The van der Waals surface area contributed by atoms with Crippen LogP contribution >= 0.6 is 67.8 Å². The molecule has 1 aromatic carbocycles. The summed E-state index contributed by atoms with van der Waals surface area (Å²) in [5.41, 5.74) is 8.58. The van der Waals surface area contributed by atoms with Crippen LogP contribution in [0.2, 0.25) is 0 Å². The van der Waals surface area contributed by atoms with Crippen molar-refractivity contribution < 1.29 is 9.53 Å². The fraction of sp³-hybridized carbons (Fsp3) is 0.708. The molecule has 6 heteroatoms. The molecule has 0 fully saturated rings. The smallest absolute Gasteiger partial charge is 0.305 e. The number of nitrogens with two attached hydrogens (primary N) is 1. The predicted molar refractivity (Wildman–Crippen MR) is 154 cm³/mol. The zero-order valence-electron chi connectivity index (χ0n) is 18.4. The van der Waals surface area contributed by atoms with Crippen molar-refractivity contribution in [2.24, 2.45) is 0 Å². The molecule has 0 aliphatic carbocycles. The third-order valence-corrected chi connectivity index (χ3v) is 8.67. The highest BCUT2D eigenvalue weighted by molar-refractivity contribution is 14.1. The highest BCUT2D eigenvalue weighted by atomic mass is 127. The summed E-state index contributed by atoms with van der Waals surface area (Å²) in [5.74, 6) is -0.0734. The summed E-state index contributed by atoms with van der Waals surface area (Å²) < 4.78 is 8.44. The first kappa shape index (κ1) is 28.7. The van der Waals surface area contributed by atoms with Gasteiger partial charge in [-0.25, -0.2) is 0 Å². The minimum Gasteiger partial charge on any atom is -0.469 e. The van der Waals surface area contributed by atoms with Crippen LogP contribution in [0, 0.1) is 10.7 Å². The SMILES string of the molecule is COC(=O)CCCCCCCCCCCCCCCCc1c(I)cc(I)c(N)c1I. The predicted octanol–water partition coefficient (Wildman–Crippen LogP) is 8.65. The molecule has 0 radical (unpaired) electrons. The molecule has 1 rings (SSSR count). The Hall–Kier alpha value is 0.680. The quantitative estimate of drug-likeness (QED) is 0.0751. The molecule has 0 aliphatic rings. The lowest BCUT2D eigenvalue weighted by Gasteiger charge is -2.11. The van der Waals surface area contributed by atoms with Crippen molar-refractivity contribution in [2.75, 3.05) is 12.8 Å². The van der Waals surface area contributed by atoms with Gasteiger partial charge in [-0.15, -0.1) is 0 Å². The van der Waals surface area contributed by atoms with E-state index in [9.17, 15) is 4.79 Å². The molecule has 0 aliphatic heterocycles. The van der Waals surface area contributed by atoms with Gasteiger partial charge in [0.15, 0.2) is 0 Å². The summed E-state index contributed by atoms with van der Waals surface area (Å²) in [6.45, 7) is 0. The molecule has 0 atom stereocenters. The van der Waals surface area contributed by atoms with Crippen molar-refractivity contribution >= 4 is 79.4 Å². The highest BCUT2D eigenvalue weighted by Gasteiger charge is 2.11. The van der Waals surface area contributed by atoms with E-state index in [1.165, 1.54) is 100 Å². The first-order valence-corrected chi connectivity index (χ1v) is 14.7. The third kappa shape index (κ3) is 12.6. The molecule has 172 valence electrons. The summed E-state index contributed by atoms with van der Waals surface area (Å²) in [6.07, 6.45) is 20.0. The van der Waals surface area contributed by atoms with Crippen LogP contribution in [-0.4, -0.2) is 13.1 Å². The lowest BCUT2D eigenvalue weighted by Crippen LogP contribution is -2.02. The van der Waals surface area contributed by atoms with Gasteiger partial charge in [0.2, 0.25) is 0 Å². The maximum absolute atomic E-state index is 11.0. The molecule has 3 nitrogen and oxygen atoms in total. The fourth-order valence-corrected chi connectivity index (χ4v) is 7.58. The number of esters is 1. The van der Waals surface area contributed by atoms with E-state index in [-0.39, 0.29) is 5.97 Å². The molecule has 0 aromatic heterocycles. The Morgan fingerprint density at radius 3 is 1.67 bits per heavy atom. The molecule has 0 heterocycles. The number of nitrogen functional groups attached to an aromatic ring is 1. The fourth-order valence-electron chi connectivity index (χ4n) is 3.67. The van der Waals surface area contributed by atoms with Crippen molar-refractivity contribution in [3.05, 3.63) is 22.3 Å². The molecular weight excluding hydrogens is 715 g/mol. The number of benzene rings is 1. The van der Waals surface area contributed by atoms with Gasteiger partial charge in [-0.05, 0) is 98.7 Å². The van der Waals surface area contributed by atoms with Gasteiger partial charge in [0.05, 0.1) is 12.8 Å². The van der Waals surface area contributed by atoms with Crippen LogP contribution in [0.5, 0.6) is 0 Å². The van der Waals surface area contributed by atoms with Gasteiger partial charge >= 0.3 is 5.97 Å². The number of carbonyl (C=O) groups excluding carboxylic acids is 1. The van der Waals surface area contributed by atoms with E-state index in [0.717, 1.165) is 24.9 Å². The van der Waals surface area contributed by atoms with Gasteiger partial charge in [0.1, 0.15) is 0 Å². The Labute approximate surface area is 224 Å². The molecule has 2 N–H and O–H groups in total. The van der Waals surface area contributed by atoms with Crippen LogP contribution in [0.3, 0.4) is 0 Å². The molecular formula is C24H38I3NO2. The van der Waals surface area contributed by atoms with Crippen LogP contribution in [0.25, 0.3) is 0 Å². The molecule has 0 bridgehead atoms. The van der Waals surface area contributed by atoms with E-state index in [1.807, 2.05) is 0 Å². The van der Waals surface area contributed by atoms with Crippen molar-refractivity contribution in [1.82, 2.24) is 0 Å². The number of ether oxygens (including phenoxy) is 1. The summed E-state index contributed by atoms with van der Waals surface area (Å²) >= 11 is 7.19. The molecule has 0 amide bonds. The molecule has 1 aromatic rings. The van der Waals surface area contributed by atoms with Crippen molar-refractivity contribution in [1.29, 1.82) is 0 Å². The van der Waals surface area contributed by atoms with Crippen molar-refractivity contribution in [2.45, 2.75) is 103 Å². The molecule has 30 heavy (non-hydrogen) atoms. The van der Waals surface area contributed by atoms with Gasteiger partial charge in [0, 0.05) is 17.1 Å². The summed E-state index contributed by atoms with van der Waals surface area (Å²) in [7, 11) is 1.46. The summed E-state index contributed by atoms with van der Waals surface area (Å²) in [5, 5.41) is 0. The van der Waals surface area contributed by atoms with Gasteiger partial charge in [0.25, 0.3) is 0 Å². The van der Waals surface area contributed by atoms with Gasteiger partial charge in [-0.1, -0.05) is 77.0 Å². The number of carbonyl (C=O) groups is 1. The maximum atomic E-state index is 11.0.